The van der Waals surface area contributed by atoms with Crippen LogP contribution in [0.2, 0.25) is 0 Å². The molecule has 0 N–H and O–H groups in total. The highest BCUT2D eigenvalue weighted by atomic mass is 16.1. The Bertz CT molecular complexity index is 646. The van der Waals surface area contributed by atoms with Crippen molar-refractivity contribution in [1.82, 2.24) is 19.9 Å². The number of aryl methyl sites for hydroxylation is 1. The summed E-state index contributed by atoms with van der Waals surface area (Å²) >= 11 is 0. The van der Waals surface area contributed by atoms with E-state index in [4.69, 9.17) is 0 Å². The number of hydrogen-bond donors (Lipinski definition) is 0. The molecule has 1 aromatic heterocycles. The monoisotopic (exact) mass is 327 g/mol. The zero-order valence-corrected chi connectivity index (χ0v) is 14.3. The van der Waals surface area contributed by atoms with Crippen molar-refractivity contribution in [2.75, 3.05) is 31.1 Å². The summed E-state index contributed by atoms with van der Waals surface area (Å²) in [6, 6.07) is 10.6. The molecule has 1 aromatic carbocycles. The normalized spacial score (nSPS) is 15.6. The average Bonchev–Trinajstić information content (AvgIpc) is 3.03. The van der Waals surface area contributed by atoms with Crippen LogP contribution in [0.25, 0.3) is 0 Å². The molecule has 1 aliphatic rings. The average molecular weight is 327 g/mol. The van der Waals surface area contributed by atoms with Gasteiger partial charge in [-0.15, -0.1) is 5.10 Å². The van der Waals surface area contributed by atoms with E-state index < -0.39 is 0 Å². The summed E-state index contributed by atoms with van der Waals surface area (Å²) in [4.78, 5) is 15.8. The van der Waals surface area contributed by atoms with Crippen LogP contribution in [-0.2, 0) is 17.9 Å². The molecule has 1 aliphatic heterocycles. The van der Waals surface area contributed by atoms with E-state index in [1.807, 2.05) is 10.9 Å². The third kappa shape index (κ3) is 4.64. The van der Waals surface area contributed by atoms with Gasteiger partial charge in [0.2, 0.25) is 0 Å². The molecular formula is C18H25N5O. The molecule has 3 rings (SSSR count). The number of para-hydroxylation sites is 1. The minimum Gasteiger partial charge on any atom is -0.369 e. The molecule has 0 bridgehead atoms. The number of aromatic nitrogens is 3. The van der Waals surface area contributed by atoms with Crippen LogP contribution in [0.5, 0.6) is 0 Å². The molecule has 0 radical (unpaired) electrons. The van der Waals surface area contributed by atoms with Crippen molar-refractivity contribution < 1.29 is 4.79 Å². The summed E-state index contributed by atoms with van der Waals surface area (Å²) in [5.74, 6) is 0.228. The summed E-state index contributed by atoms with van der Waals surface area (Å²) in [6.07, 6.45) is 3.44. The maximum atomic E-state index is 11.0. The van der Waals surface area contributed by atoms with E-state index in [0.29, 0.717) is 6.42 Å². The van der Waals surface area contributed by atoms with Gasteiger partial charge in [0.05, 0.1) is 5.69 Å². The van der Waals surface area contributed by atoms with Gasteiger partial charge in [-0.3, -0.25) is 9.58 Å². The molecule has 0 aliphatic carbocycles. The first-order valence-electron chi connectivity index (χ1n) is 8.61. The Hall–Kier alpha value is -2.21. The molecule has 0 unspecified atom stereocenters. The molecule has 0 spiro atoms. The van der Waals surface area contributed by atoms with Gasteiger partial charge in [-0.1, -0.05) is 23.4 Å². The number of hydrogen-bond acceptors (Lipinski definition) is 5. The molecule has 6 nitrogen and oxygen atoms in total. The van der Waals surface area contributed by atoms with Gasteiger partial charge in [-0.05, 0) is 25.5 Å². The number of nitrogens with zero attached hydrogens (tertiary/aromatic N) is 5. The lowest BCUT2D eigenvalue weighted by Crippen LogP contribution is -2.46. The largest absolute Gasteiger partial charge is 0.369 e. The smallest absolute Gasteiger partial charge is 0.129 e. The van der Waals surface area contributed by atoms with Crippen LogP contribution < -0.4 is 4.90 Å². The van der Waals surface area contributed by atoms with E-state index in [2.05, 4.69) is 50.4 Å². The van der Waals surface area contributed by atoms with E-state index >= 15 is 0 Å². The molecule has 2 heterocycles. The second-order valence-electron chi connectivity index (χ2n) is 6.38. The Morgan fingerprint density at radius 1 is 1.12 bits per heavy atom. The van der Waals surface area contributed by atoms with Crippen molar-refractivity contribution in [3.05, 3.63) is 42.2 Å². The van der Waals surface area contributed by atoms with E-state index in [1.54, 1.807) is 6.92 Å². The third-order valence-corrected chi connectivity index (χ3v) is 4.38. The molecule has 24 heavy (non-hydrogen) atoms. The standard InChI is InChI=1S/C18H25N5O/c1-16(24)6-5-9-23-15-17(19-20-23)14-21-10-12-22(13-11-21)18-7-3-2-4-8-18/h2-4,7-8,15H,5-6,9-14H2,1H3. The maximum Gasteiger partial charge on any atom is 0.129 e. The Morgan fingerprint density at radius 2 is 1.88 bits per heavy atom. The maximum absolute atomic E-state index is 11.0. The summed E-state index contributed by atoms with van der Waals surface area (Å²) in [5, 5.41) is 8.42. The Labute approximate surface area is 143 Å². The third-order valence-electron chi connectivity index (χ3n) is 4.38. The fraction of sp³-hybridized carbons (Fsp3) is 0.500. The number of carbonyl (C=O) groups is 1. The van der Waals surface area contributed by atoms with Gasteiger partial charge >= 0.3 is 0 Å². The lowest BCUT2D eigenvalue weighted by atomic mass is 10.2. The number of rotatable bonds is 7. The molecule has 0 atom stereocenters. The molecule has 2 aromatic rings. The Balaban J connectivity index is 1.44. The molecule has 1 saturated heterocycles. The second kappa shape index (κ2) is 8.06. The van der Waals surface area contributed by atoms with Crippen molar-refractivity contribution in [2.24, 2.45) is 0 Å². The van der Waals surface area contributed by atoms with Gasteiger partial charge in [0.1, 0.15) is 5.78 Å². The van der Waals surface area contributed by atoms with Gasteiger partial charge in [0.25, 0.3) is 0 Å². The minimum absolute atomic E-state index is 0.228. The van der Waals surface area contributed by atoms with Crippen LogP contribution >= 0.6 is 0 Å². The highest BCUT2D eigenvalue weighted by molar-refractivity contribution is 5.75. The quantitative estimate of drug-likeness (QED) is 0.778. The van der Waals surface area contributed by atoms with Gasteiger partial charge in [0, 0.05) is 57.6 Å². The predicted octanol–water partition coefficient (Wildman–Crippen LogP) is 1.97. The van der Waals surface area contributed by atoms with Crippen molar-refractivity contribution in [3.8, 4) is 0 Å². The summed E-state index contributed by atoms with van der Waals surface area (Å²) in [6.45, 7) is 7.37. The molecular weight excluding hydrogens is 302 g/mol. The number of piperazine rings is 1. The topological polar surface area (TPSA) is 54.3 Å². The molecule has 128 valence electrons. The molecule has 0 amide bonds. The number of benzene rings is 1. The van der Waals surface area contributed by atoms with Gasteiger partial charge in [0.15, 0.2) is 0 Å². The van der Waals surface area contributed by atoms with Gasteiger partial charge < -0.3 is 9.69 Å². The highest BCUT2D eigenvalue weighted by Gasteiger charge is 2.18. The van der Waals surface area contributed by atoms with Gasteiger partial charge in [-0.25, -0.2) is 0 Å². The highest BCUT2D eigenvalue weighted by Crippen LogP contribution is 2.16. The second-order valence-corrected chi connectivity index (χ2v) is 6.38. The first-order valence-corrected chi connectivity index (χ1v) is 8.61. The number of ketones is 1. The van der Waals surface area contributed by atoms with Crippen molar-refractivity contribution >= 4 is 11.5 Å². The minimum atomic E-state index is 0.228. The predicted molar refractivity (Wildman–Crippen MR) is 93.9 cm³/mol. The number of carbonyl (C=O) groups excluding carboxylic acids is 1. The first-order chi connectivity index (χ1) is 11.7. The molecule has 0 saturated carbocycles. The van der Waals surface area contributed by atoms with Crippen LogP contribution in [0.1, 0.15) is 25.5 Å². The van der Waals surface area contributed by atoms with Crippen LogP contribution in [0.3, 0.4) is 0 Å². The number of anilines is 1. The van der Waals surface area contributed by atoms with E-state index in [9.17, 15) is 4.79 Å². The van der Waals surface area contributed by atoms with Gasteiger partial charge in [-0.2, -0.15) is 0 Å². The van der Waals surface area contributed by atoms with Crippen molar-refractivity contribution in [3.63, 3.8) is 0 Å². The molecule has 6 heteroatoms. The summed E-state index contributed by atoms with van der Waals surface area (Å²) in [7, 11) is 0. The van der Waals surface area contributed by atoms with Crippen LogP contribution in [0, 0.1) is 0 Å². The first kappa shape index (κ1) is 16.6. The van der Waals surface area contributed by atoms with Crippen LogP contribution in [0.15, 0.2) is 36.5 Å². The summed E-state index contributed by atoms with van der Waals surface area (Å²) in [5.41, 5.74) is 2.31. The van der Waals surface area contributed by atoms with E-state index in [-0.39, 0.29) is 5.78 Å². The van der Waals surface area contributed by atoms with E-state index in [0.717, 1.165) is 51.4 Å². The summed E-state index contributed by atoms with van der Waals surface area (Å²) < 4.78 is 1.85. The lowest BCUT2D eigenvalue weighted by Gasteiger charge is -2.35. The SMILES string of the molecule is CC(=O)CCCn1cc(CN2CCN(c3ccccc3)CC2)nn1. The Morgan fingerprint density at radius 3 is 2.58 bits per heavy atom. The van der Waals surface area contributed by atoms with Crippen LogP contribution in [0.4, 0.5) is 5.69 Å². The lowest BCUT2D eigenvalue weighted by molar-refractivity contribution is -0.117. The fourth-order valence-corrected chi connectivity index (χ4v) is 3.04. The number of Topliss-reactive ketones (excluding diaryl/α,β-unsaturated/α-hetero) is 1. The van der Waals surface area contributed by atoms with E-state index in [1.165, 1.54) is 5.69 Å². The molecule has 1 fully saturated rings. The zero-order valence-electron chi connectivity index (χ0n) is 14.3. The van der Waals surface area contributed by atoms with Crippen LogP contribution in [-0.4, -0.2) is 51.9 Å². The fourth-order valence-electron chi connectivity index (χ4n) is 3.04. The van der Waals surface area contributed by atoms with Crippen molar-refractivity contribution in [2.45, 2.75) is 32.9 Å². The Kier molecular flexibility index (Phi) is 5.59. The van der Waals surface area contributed by atoms with Crippen molar-refractivity contribution in [1.29, 1.82) is 0 Å². The zero-order chi connectivity index (χ0) is 16.8.